The zero-order valence-corrected chi connectivity index (χ0v) is 14.8. The van der Waals surface area contributed by atoms with Gasteiger partial charge in [0.05, 0.1) is 19.7 Å². The van der Waals surface area contributed by atoms with Gasteiger partial charge in [-0.15, -0.1) is 0 Å². The summed E-state index contributed by atoms with van der Waals surface area (Å²) < 4.78 is 5.80. The number of ether oxygens (including phenoxy) is 1. The lowest BCUT2D eigenvalue weighted by atomic mass is 10.1. The van der Waals surface area contributed by atoms with Crippen molar-refractivity contribution in [2.24, 2.45) is 5.92 Å². The number of hydrogen-bond donors (Lipinski definition) is 1. The topological polar surface area (TPSA) is 58.6 Å². The zero-order valence-electron chi connectivity index (χ0n) is 14.8. The van der Waals surface area contributed by atoms with E-state index in [1.807, 2.05) is 48.5 Å². The molecule has 0 bridgehead atoms. The molecule has 1 saturated heterocycles. The SMILES string of the molecule is O=C(CN1CCC(COc2ccccc2)C1)NCC(=O)c1ccccc1. The van der Waals surface area contributed by atoms with Crippen LogP contribution in [0.15, 0.2) is 60.7 Å². The number of benzene rings is 2. The predicted octanol–water partition coefficient (Wildman–Crippen LogP) is 2.39. The van der Waals surface area contributed by atoms with Crippen LogP contribution in [-0.4, -0.2) is 49.4 Å². The molecule has 2 aromatic rings. The van der Waals surface area contributed by atoms with Crippen LogP contribution in [0.1, 0.15) is 16.8 Å². The highest BCUT2D eigenvalue weighted by Crippen LogP contribution is 2.18. The van der Waals surface area contributed by atoms with Gasteiger partial charge >= 0.3 is 0 Å². The lowest BCUT2D eigenvalue weighted by Gasteiger charge is -2.16. The van der Waals surface area contributed by atoms with Gasteiger partial charge in [-0.3, -0.25) is 14.5 Å². The van der Waals surface area contributed by atoms with Crippen LogP contribution in [0.2, 0.25) is 0 Å². The van der Waals surface area contributed by atoms with Crippen LogP contribution < -0.4 is 10.1 Å². The van der Waals surface area contributed by atoms with Crippen LogP contribution in [0.5, 0.6) is 5.75 Å². The van der Waals surface area contributed by atoms with Crippen molar-refractivity contribution < 1.29 is 14.3 Å². The fourth-order valence-electron chi connectivity index (χ4n) is 3.09. The second-order valence-corrected chi connectivity index (χ2v) is 6.58. The molecule has 0 spiro atoms. The van der Waals surface area contributed by atoms with Gasteiger partial charge in [-0.1, -0.05) is 48.5 Å². The number of Topliss-reactive ketones (excluding diaryl/α,β-unsaturated/α-hetero) is 1. The molecule has 1 unspecified atom stereocenters. The summed E-state index contributed by atoms with van der Waals surface area (Å²) in [4.78, 5) is 26.2. The summed E-state index contributed by atoms with van der Waals surface area (Å²) in [5, 5.41) is 2.72. The number of likely N-dealkylation sites (tertiary alicyclic amines) is 1. The molecule has 1 atom stereocenters. The first-order chi connectivity index (χ1) is 12.7. The van der Waals surface area contributed by atoms with Gasteiger partial charge in [-0.25, -0.2) is 0 Å². The summed E-state index contributed by atoms with van der Waals surface area (Å²) >= 11 is 0. The number of rotatable bonds is 8. The molecule has 26 heavy (non-hydrogen) atoms. The second kappa shape index (κ2) is 9.15. The fourth-order valence-corrected chi connectivity index (χ4v) is 3.09. The molecule has 0 aliphatic carbocycles. The van der Waals surface area contributed by atoms with Gasteiger partial charge in [0.1, 0.15) is 5.75 Å². The molecule has 1 N–H and O–H groups in total. The Morgan fingerprint density at radius 1 is 1.04 bits per heavy atom. The minimum Gasteiger partial charge on any atom is -0.493 e. The van der Waals surface area contributed by atoms with Crippen LogP contribution in [0.25, 0.3) is 0 Å². The van der Waals surface area contributed by atoms with E-state index in [2.05, 4.69) is 10.2 Å². The van der Waals surface area contributed by atoms with Crippen LogP contribution in [0, 0.1) is 5.92 Å². The van der Waals surface area contributed by atoms with E-state index in [9.17, 15) is 9.59 Å². The molecular weight excluding hydrogens is 328 g/mol. The van der Waals surface area contributed by atoms with Crippen LogP contribution in [0.3, 0.4) is 0 Å². The maximum Gasteiger partial charge on any atom is 0.234 e. The molecule has 1 heterocycles. The molecule has 0 radical (unpaired) electrons. The van der Waals surface area contributed by atoms with Gasteiger partial charge in [0.2, 0.25) is 5.91 Å². The van der Waals surface area contributed by atoms with Gasteiger partial charge in [-0.2, -0.15) is 0 Å². The van der Waals surface area contributed by atoms with Crippen LogP contribution in [0.4, 0.5) is 0 Å². The van der Waals surface area contributed by atoms with Crippen LogP contribution >= 0.6 is 0 Å². The van der Waals surface area contributed by atoms with Crippen molar-refractivity contribution in [2.75, 3.05) is 32.8 Å². The van der Waals surface area contributed by atoms with E-state index in [0.717, 1.165) is 25.3 Å². The van der Waals surface area contributed by atoms with Crippen LogP contribution in [-0.2, 0) is 4.79 Å². The highest BCUT2D eigenvalue weighted by Gasteiger charge is 2.24. The zero-order chi connectivity index (χ0) is 18.2. The summed E-state index contributed by atoms with van der Waals surface area (Å²) in [7, 11) is 0. The van der Waals surface area contributed by atoms with Crippen molar-refractivity contribution in [1.82, 2.24) is 10.2 Å². The smallest absolute Gasteiger partial charge is 0.234 e. The highest BCUT2D eigenvalue weighted by atomic mass is 16.5. The summed E-state index contributed by atoms with van der Waals surface area (Å²) in [6.07, 6.45) is 1.02. The van der Waals surface area contributed by atoms with E-state index in [1.165, 1.54) is 0 Å². The molecule has 1 fully saturated rings. The maximum atomic E-state index is 12.1. The number of amides is 1. The van der Waals surface area contributed by atoms with Crippen molar-refractivity contribution in [1.29, 1.82) is 0 Å². The molecule has 3 rings (SSSR count). The minimum atomic E-state index is -0.112. The van der Waals surface area contributed by atoms with E-state index in [4.69, 9.17) is 4.74 Å². The third-order valence-electron chi connectivity index (χ3n) is 4.51. The van der Waals surface area contributed by atoms with Gasteiger partial charge in [0.15, 0.2) is 5.78 Å². The Labute approximate surface area is 154 Å². The van der Waals surface area contributed by atoms with Crippen molar-refractivity contribution >= 4 is 11.7 Å². The number of carbonyl (C=O) groups is 2. The minimum absolute atomic E-state index is 0.0389. The van der Waals surface area contributed by atoms with Gasteiger partial charge < -0.3 is 10.1 Å². The third-order valence-corrected chi connectivity index (χ3v) is 4.51. The lowest BCUT2D eigenvalue weighted by Crippen LogP contribution is -2.38. The van der Waals surface area contributed by atoms with E-state index in [-0.39, 0.29) is 18.2 Å². The van der Waals surface area contributed by atoms with Crippen molar-refractivity contribution in [3.8, 4) is 5.75 Å². The number of hydrogen-bond acceptors (Lipinski definition) is 4. The first-order valence-electron chi connectivity index (χ1n) is 8.96. The normalized spacial score (nSPS) is 17.0. The number of ketones is 1. The molecule has 1 aliphatic heterocycles. The largest absolute Gasteiger partial charge is 0.493 e. The Bertz CT molecular complexity index is 719. The Kier molecular flexibility index (Phi) is 6.39. The van der Waals surface area contributed by atoms with Gasteiger partial charge in [-0.05, 0) is 25.1 Å². The predicted molar refractivity (Wildman–Crippen MR) is 100 cm³/mol. The molecule has 5 nitrogen and oxygen atoms in total. The van der Waals surface area contributed by atoms with E-state index in [1.54, 1.807) is 12.1 Å². The molecule has 2 aromatic carbocycles. The molecule has 5 heteroatoms. The molecule has 1 aliphatic rings. The Balaban J connectivity index is 1.35. The lowest BCUT2D eigenvalue weighted by molar-refractivity contribution is -0.121. The number of nitrogens with zero attached hydrogens (tertiary/aromatic N) is 1. The highest BCUT2D eigenvalue weighted by molar-refractivity contribution is 5.99. The van der Waals surface area contributed by atoms with Gasteiger partial charge in [0.25, 0.3) is 0 Å². The molecule has 0 saturated carbocycles. The Morgan fingerprint density at radius 2 is 1.73 bits per heavy atom. The summed E-state index contributed by atoms with van der Waals surface area (Å²) in [6, 6.07) is 18.8. The van der Waals surface area contributed by atoms with E-state index in [0.29, 0.717) is 24.6 Å². The summed E-state index contributed by atoms with van der Waals surface area (Å²) in [6.45, 7) is 2.74. The second-order valence-electron chi connectivity index (χ2n) is 6.58. The monoisotopic (exact) mass is 352 g/mol. The average molecular weight is 352 g/mol. The van der Waals surface area contributed by atoms with E-state index >= 15 is 0 Å². The molecule has 0 aromatic heterocycles. The van der Waals surface area contributed by atoms with Crippen molar-refractivity contribution in [2.45, 2.75) is 6.42 Å². The number of carbonyl (C=O) groups excluding carboxylic acids is 2. The summed E-state index contributed by atoms with van der Waals surface area (Å²) in [5.74, 6) is 1.12. The first-order valence-corrected chi connectivity index (χ1v) is 8.96. The molecule has 1 amide bonds. The Hall–Kier alpha value is -2.66. The third kappa shape index (κ3) is 5.43. The first kappa shape index (κ1) is 18.1. The quantitative estimate of drug-likeness (QED) is 0.741. The molecule has 136 valence electrons. The summed E-state index contributed by atoms with van der Waals surface area (Å²) in [5.41, 5.74) is 0.618. The number of para-hydroxylation sites is 1. The number of nitrogens with one attached hydrogen (secondary N) is 1. The fraction of sp³-hybridized carbons (Fsp3) is 0.333. The standard InChI is InChI=1S/C21H24N2O3/c24-20(18-7-3-1-4-8-18)13-22-21(25)15-23-12-11-17(14-23)16-26-19-9-5-2-6-10-19/h1-10,17H,11-16H2,(H,22,25). The van der Waals surface area contributed by atoms with E-state index < -0.39 is 0 Å². The Morgan fingerprint density at radius 3 is 2.46 bits per heavy atom. The average Bonchev–Trinajstić information content (AvgIpc) is 3.13. The van der Waals surface area contributed by atoms with Crippen molar-refractivity contribution in [3.05, 3.63) is 66.2 Å². The maximum absolute atomic E-state index is 12.1. The van der Waals surface area contributed by atoms with Gasteiger partial charge in [0, 0.05) is 18.0 Å². The molecular formula is C21H24N2O3. The van der Waals surface area contributed by atoms with Crippen molar-refractivity contribution in [3.63, 3.8) is 0 Å².